The number of rotatable bonds is 7. The number of aromatic nitrogens is 4. The zero-order valence-corrected chi connectivity index (χ0v) is 23.6. The number of anilines is 1. The minimum absolute atomic E-state index is 0.1000. The number of nitrogens with zero attached hydrogens (tertiary/aromatic N) is 5. The maximum Gasteiger partial charge on any atom is 0.333 e. The van der Waals surface area contributed by atoms with Crippen LogP contribution >= 0.6 is 0 Å². The molecule has 0 aliphatic carbocycles. The number of carbonyl (C=O) groups is 2. The summed E-state index contributed by atoms with van der Waals surface area (Å²) in [5.41, 5.74) is 10.6. The fraction of sp³-hybridized carbons (Fsp3) is 0.281. The zero-order chi connectivity index (χ0) is 29.4. The molecule has 0 radical (unpaired) electrons. The van der Waals surface area contributed by atoms with Gasteiger partial charge in [-0.15, -0.1) is 0 Å². The standard InChI is InChI=1S/C32H33N7O3/c1-32(33,31(41)42)30(40)39-14-8-21(9-15-39)28(23-4-3-10-34-19-23)37-24-17-25(29-26(18-24)35-11-12-36-29)22-6-5-20-7-13-38(2)27(20)16-22/h3-7,10-13,16-19,21,28,37H,8-9,14-15,33H2,1-2H3,(H,41,42). The average molecular weight is 564 g/mol. The second-order valence-electron chi connectivity index (χ2n) is 11.2. The number of nitrogens with two attached hydrogens (primary N) is 1. The normalized spacial score (nSPS) is 16.3. The second-order valence-corrected chi connectivity index (χ2v) is 11.2. The smallest absolute Gasteiger partial charge is 0.333 e. The molecule has 10 heteroatoms. The number of fused-ring (bicyclic) bond motifs is 2. The van der Waals surface area contributed by atoms with Crippen molar-refractivity contribution < 1.29 is 14.7 Å². The fourth-order valence-corrected chi connectivity index (χ4v) is 5.88. The molecule has 0 bridgehead atoms. The van der Waals surface area contributed by atoms with Crippen molar-refractivity contribution in [2.75, 3.05) is 18.4 Å². The van der Waals surface area contributed by atoms with E-state index in [1.165, 1.54) is 12.3 Å². The summed E-state index contributed by atoms with van der Waals surface area (Å²) in [6, 6.07) is 16.5. The van der Waals surface area contributed by atoms with E-state index in [0.717, 1.165) is 38.9 Å². The summed E-state index contributed by atoms with van der Waals surface area (Å²) in [4.78, 5) is 39.7. The molecule has 1 saturated heterocycles. The number of nitrogens with one attached hydrogen (secondary N) is 1. The maximum absolute atomic E-state index is 12.9. The van der Waals surface area contributed by atoms with Crippen LogP contribution < -0.4 is 11.1 Å². The minimum Gasteiger partial charge on any atom is -0.479 e. The molecule has 214 valence electrons. The largest absolute Gasteiger partial charge is 0.479 e. The predicted octanol–water partition coefficient (Wildman–Crippen LogP) is 4.38. The number of likely N-dealkylation sites (tertiary alicyclic amines) is 1. The summed E-state index contributed by atoms with van der Waals surface area (Å²) in [5.74, 6) is -1.73. The Morgan fingerprint density at radius 3 is 2.60 bits per heavy atom. The Bertz CT molecular complexity index is 1780. The van der Waals surface area contributed by atoms with E-state index in [0.29, 0.717) is 25.9 Å². The van der Waals surface area contributed by atoms with Crippen molar-refractivity contribution in [2.24, 2.45) is 18.7 Å². The minimum atomic E-state index is -1.95. The van der Waals surface area contributed by atoms with Crippen LogP contribution in [0.25, 0.3) is 33.1 Å². The lowest BCUT2D eigenvalue weighted by atomic mass is 9.85. The second kappa shape index (κ2) is 10.9. The Morgan fingerprint density at radius 2 is 1.86 bits per heavy atom. The van der Waals surface area contributed by atoms with E-state index in [9.17, 15) is 14.7 Å². The summed E-state index contributed by atoms with van der Waals surface area (Å²) < 4.78 is 2.11. The lowest BCUT2D eigenvalue weighted by molar-refractivity contribution is -0.153. The lowest BCUT2D eigenvalue weighted by Crippen LogP contribution is -2.59. The highest BCUT2D eigenvalue weighted by Crippen LogP contribution is 2.37. The summed E-state index contributed by atoms with van der Waals surface area (Å²) in [6.45, 7) is 2.10. The van der Waals surface area contributed by atoms with Crippen LogP contribution in [0.1, 0.15) is 31.4 Å². The first kappa shape index (κ1) is 27.3. The monoisotopic (exact) mass is 563 g/mol. The molecule has 0 spiro atoms. The molecular formula is C32H33N7O3. The topological polar surface area (TPSA) is 139 Å². The van der Waals surface area contributed by atoms with Gasteiger partial charge in [-0.25, -0.2) is 4.79 Å². The van der Waals surface area contributed by atoms with Crippen molar-refractivity contribution in [3.8, 4) is 11.1 Å². The van der Waals surface area contributed by atoms with E-state index < -0.39 is 17.4 Å². The summed E-state index contributed by atoms with van der Waals surface area (Å²) in [6.07, 6.45) is 10.4. The number of hydrogen-bond acceptors (Lipinski definition) is 7. The van der Waals surface area contributed by atoms with Gasteiger partial charge in [0.05, 0.1) is 17.1 Å². The number of hydrogen-bond donors (Lipinski definition) is 3. The molecule has 1 aliphatic heterocycles. The SMILES string of the molecule is Cn1ccc2ccc(-c3cc(NC(c4cccnc4)C4CCN(C(=O)C(C)(N)C(=O)O)CC4)cc4nccnc34)cc21. The van der Waals surface area contributed by atoms with Crippen LogP contribution in [0.4, 0.5) is 5.69 Å². The number of carbonyl (C=O) groups excluding carboxylic acids is 1. The number of aryl methyl sites for hydroxylation is 1. The predicted molar refractivity (Wildman–Crippen MR) is 162 cm³/mol. The van der Waals surface area contributed by atoms with Crippen molar-refractivity contribution in [2.45, 2.75) is 31.3 Å². The molecule has 2 atom stereocenters. The molecule has 1 aliphatic rings. The van der Waals surface area contributed by atoms with E-state index in [1.54, 1.807) is 23.5 Å². The fourth-order valence-electron chi connectivity index (χ4n) is 5.88. The summed E-state index contributed by atoms with van der Waals surface area (Å²) in [5, 5.41) is 14.4. The van der Waals surface area contributed by atoms with Gasteiger partial charge >= 0.3 is 5.97 Å². The Balaban J connectivity index is 1.33. The highest BCUT2D eigenvalue weighted by atomic mass is 16.4. The maximum atomic E-state index is 12.9. The van der Waals surface area contributed by atoms with E-state index in [-0.39, 0.29) is 12.0 Å². The van der Waals surface area contributed by atoms with Crippen LogP contribution in [0.15, 0.2) is 79.5 Å². The molecule has 4 heterocycles. The third-order valence-electron chi connectivity index (χ3n) is 8.33. The summed E-state index contributed by atoms with van der Waals surface area (Å²) in [7, 11) is 2.04. The molecule has 10 nitrogen and oxygen atoms in total. The zero-order valence-electron chi connectivity index (χ0n) is 23.6. The van der Waals surface area contributed by atoms with E-state index in [2.05, 4.69) is 67.4 Å². The van der Waals surface area contributed by atoms with Crippen LogP contribution in [-0.2, 0) is 16.6 Å². The number of carboxylic acids is 1. The Kier molecular flexibility index (Phi) is 7.07. The third kappa shape index (κ3) is 5.05. The van der Waals surface area contributed by atoms with Gasteiger partial charge in [-0.2, -0.15) is 0 Å². The summed E-state index contributed by atoms with van der Waals surface area (Å²) >= 11 is 0. The molecule has 1 amide bonds. The van der Waals surface area contributed by atoms with Crippen molar-refractivity contribution in [1.82, 2.24) is 24.4 Å². The Morgan fingerprint density at radius 1 is 1.07 bits per heavy atom. The molecule has 4 N–H and O–H groups in total. The quantitative estimate of drug-likeness (QED) is 0.248. The van der Waals surface area contributed by atoms with Crippen LogP contribution in [0.2, 0.25) is 0 Å². The first-order valence-electron chi connectivity index (χ1n) is 14.0. The number of carboxylic acid groups (broad SMARTS) is 1. The van der Waals surface area contributed by atoms with Crippen molar-refractivity contribution in [3.05, 3.63) is 85.1 Å². The lowest BCUT2D eigenvalue weighted by Gasteiger charge is -2.38. The Hall–Kier alpha value is -4.83. The van der Waals surface area contributed by atoms with Gasteiger partial charge in [0, 0.05) is 67.9 Å². The van der Waals surface area contributed by atoms with Gasteiger partial charge < -0.3 is 25.6 Å². The van der Waals surface area contributed by atoms with Crippen LogP contribution in [0.3, 0.4) is 0 Å². The van der Waals surface area contributed by atoms with Gasteiger partial charge in [-0.1, -0.05) is 18.2 Å². The van der Waals surface area contributed by atoms with Gasteiger partial charge in [0.15, 0.2) is 5.54 Å². The average Bonchev–Trinajstić information content (AvgIpc) is 3.39. The van der Waals surface area contributed by atoms with Crippen LogP contribution in [-0.4, -0.2) is 60.0 Å². The van der Waals surface area contributed by atoms with Crippen molar-refractivity contribution in [3.63, 3.8) is 0 Å². The number of aliphatic carboxylic acids is 1. The molecule has 3 aromatic heterocycles. The van der Waals surface area contributed by atoms with Gasteiger partial charge in [0.2, 0.25) is 0 Å². The molecule has 2 unspecified atom stereocenters. The number of benzene rings is 2. The van der Waals surface area contributed by atoms with Gasteiger partial charge in [-0.05, 0) is 72.5 Å². The number of piperidine rings is 1. The molecule has 0 saturated carbocycles. The molecule has 5 aromatic rings. The van der Waals surface area contributed by atoms with Crippen LogP contribution in [0.5, 0.6) is 0 Å². The molecule has 42 heavy (non-hydrogen) atoms. The first-order valence-corrected chi connectivity index (χ1v) is 14.0. The number of amides is 1. The Labute approximate surface area is 243 Å². The highest BCUT2D eigenvalue weighted by Gasteiger charge is 2.41. The highest BCUT2D eigenvalue weighted by molar-refractivity contribution is 6.06. The van der Waals surface area contributed by atoms with E-state index in [1.807, 2.05) is 25.4 Å². The molecule has 6 rings (SSSR count). The van der Waals surface area contributed by atoms with Crippen molar-refractivity contribution >= 4 is 39.5 Å². The van der Waals surface area contributed by atoms with E-state index >= 15 is 0 Å². The first-order chi connectivity index (χ1) is 20.2. The van der Waals surface area contributed by atoms with E-state index in [4.69, 9.17) is 5.73 Å². The van der Waals surface area contributed by atoms with Crippen molar-refractivity contribution in [1.29, 1.82) is 0 Å². The van der Waals surface area contributed by atoms with Gasteiger partial charge in [0.1, 0.15) is 0 Å². The third-order valence-corrected chi connectivity index (χ3v) is 8.33. The molecule has 2 aromatic carbocycles. The van der Waals surface area contributed by atoms with Gasteiger partial charge in [0.25, 0.3) is 5.91 Å². The molecular weight excluding hydrogens is 530 g/mol. The van der Waals surface area contributed by atoms with Crippen LogP contribution in [0, 0.1) is 5.92 Å². The van der Waals surface area contributed by atoms with Gasteiger partial charge in [-0.3, -0.25) is 19.7 Å². The number of pyridine rings is 1. The molecule has 1 fully saturated rings.